The van der Waals surface area contributed by atoms with Crippen molar-refractivity contribution in [2.45, 2.75) is 18.9 Å². The van der Waals surface area contributed by atoms with Gasteiger partial charge in [0.1, 0.15) is 17.2 Å². The molecule has 1 unspecified atom stereocenters. The van der Waals surface area contributed by atoms with Crippen molar-refractivity contribution >= 4 is 0 Å². The summed E-state index contributed by atoms with van der Waals surface area (Å²) in [6, 6.07) is 13.2. The Hall–Kier alpha value is -1.87. The minimum Gasteiger partial charge on any atom is -0.497 e. The van der Waals surface area contributed by atoms with E-state index in [9.17, 15) is 9.50 Å². The summed E-state index contributed by atoms with van der Waals surface area (Å²) < 4.78 is 18.4. The van der Waals surface area contributed by atoms with E-state index in [1.165, 1.54) is 12.1 Å². The maximum absolute atomic E-state index is 13.3. The Morgan fingerprint density at radius 3 is 2.32 bits per heavy atom. The van der Waals surface area contributed by atoms with Gasteiger partial charge in [0.2, 0.25) is 0 Å². The van der Waals surface area contributed by atoms with Gasteiger partial charge in [-0.15, -0.1) is 0 Å². The van der Waals surface area contributed by atoms with Gasteiger partial charge in [-0.25, -0.2) is 4.39 Å². The second-order valence-corrected chi connectivity index (χ2v) is 4.45. The average molecular weight is 260 g/mol. The highest BCUT2D eigenvalue weighted by Crippen LogP contribution is 2.33. The Bertz CT molecular complexity index is 551. The van der Waals surface area contributed by atoms with Crippen molar-refractivity contribution < 1.29 is 14.2 Å². The molecule has 2 aromatic carbocycles. The van der Waals surface area contributed by atoms with E-state index in [-0.39, 0.29) is 5.82 Å². The van der Waals surface area contributed by atoms with Crippen LogP contribution in [0.3, 0.4) is 0 Å². The van der Waals surface area contributed by atoms with E-state index in [1.807, 2.05) is 6.92 Å². The van der Waals surface area contributed by atoms with E-state index >= 15 is 0 Å². The average Bonchev–Trinajstić information content (AvgIpc) is 2.46. The predicted octanol–water partition coefficient (Wildman–Crippen LogP) is 3.48. The third-order valence-corrected chi connectivity index (χ3v) is 3.38. The number of ether oxygens (including phenoxy) is 1. The van der Waals surface area contributed by atoms with Crippen LogP contribution in [0.2, 0.25) is 0 Å². The Balaban J connectivity index is 2.46. The first-order valence-electron chi connectivity index (χ1n) is 6.23. The molecule has 2 rings (SSSR count). The molecule has 0 aliphatic rings. The molecule has 0 bridgehead atoms. The molecule has 0 aliphatic carbocycles. The standard InChI is InChI=1S/C16H17FO2/c1-3-16(18,13-5-4-6-14(17)11-13)12-7-9-15(19-2)10-8-12/h4-11,18H,3H2,1-2H3. The Labute approximate surface area is 112 Å². The fourth-order valence-corrected chi connectivity index (χ4v) is 2.19. The van der Waals surface area contributed by atoms with Gasteiger partial charge in [0, 0.05) is 0 Å². The zero-order chi connectivity index (χ0) is 13.9. The minimum atomic E-state index is -1.19. The number of rotatable bonds is 4. The molecule has 2 aromatic rings. The van der Waals surface area contributed by atoms with Crippen LogP contribution in [0.25, 0.3) is 0 Å². The lowest BCUT2D eigenvalue weighted by Gasteiger charge is -2.28. The van der Waals surface area contributed by atoms with Crippen molar-refractivity contribution in [1.29, 1.82) is 0 Å². The Morgan fingerprint density at radius 2 is 1.79 bits per heavy atom. The molecule has 0 fully saturated rings. The fourth-order valence-electron chi connectivity index (χ4n) is 2.19. The highest BCUT2D eigenvalue weighted by atomic mass is 19.1. The molecule has 0 saturated carbocycles. The van der Waals surface area contributed by atoms with Crippen LogP contribution >= 0.6 is 0 Å². The van der Waals surface area contributed by atoms with Crippen LogP contribution in [0.15, 0.2) is 48.5 Å². The summed E-state index contributed by atoms with van der Waals surface area (Å²) in [5.74, 6) is 0.374. The van der Waals surface area contributed by atoms with E-state index in [0.29, 0.717) is 12.0 Å². The van der Waals surface area contributed by atoms with Gasteiger partial charge in [0.05, 0.1) is 7.11 Å². The van der Waals surface area contributed by atoms with Gasteiger partial charge in [-0.2, -0.15) is 0 Å². The highest BCUT2D eigenvalue weighted by Gasteiger charge is 2.29. The van der Waals surface area contributed by atoms with Crippen LogP contribution in [0, 0.1) is 5.82 Å². The SMILES string of the molecule is CCC(O)(c1ccc(OC)cc1)c1cccc(F)c1. The molecule has 2 nitrogen and oxygen atoms in total. The lowest BCUT2D eigenvalue weighted by atomic mass is 9.84. The zero-order valence-electron chi connectivity index (χ0n) is 11.1. The first-order chi connectivity index (χ1) is 9.10. The fraction of sp³-hybridized carbons (Fsp3) is 0.250. The topological polar surface area (TPSA) is 29.5 Å². The molecule has 3 heteroatoms. The Morgan fingerprint density at radius 1 is 1.11 bits per heavy atom. The van der Waals surface area contributed by atoms with E-state index in [0.717, 1.165) is 11.3 Å². The quantitative estimate of drug-likeness (QED) is 0.912. The summed E-state index contributed by atoms with van der Waals surface area (Å²) >= 11 is 0. The van der Waals surface area contributed by atoms with Gasteiger partial charge >= 0.3 is 0 Å². The lowest BCUT2D eigenvalue weighted by Crippen LogP contribution is -2.26. The van der Waals surface area contributed by atoms with Gasteiger partial charge in [0.15, 0.2) is 0 Å². The predicted molar refractivity (Wildman–Crippen MR) is 72.7 cm³/mol. The number of hydrogen-bond acceptors (Lipinski definition) is 2. The molecule has 0 radical (unpaired) electrons. The van der Waals surface area contributed by atoms with Crippen LogP contribution in [0.4, 0.5) is 4.39 Å². The molecule has 0 aliphatic heterocycles. The first kappa shape index (κ1) is 13.6. The minimum absolute atomic E-state index is 0.349. The zero-order valence-corrected chi connectivity index (χ0v) is 11.1. The molecular formula is C16H17FO2. The van der Waals surface area contributed by atoms with Crippen LogP contribution in [0.1, 0.15) is 24.5 Å². The lowest BCUT2D eigenvalue weighted by molar-refractivity contribution is 0.0761. The van der Waals surface area contributed by atoms with Crippen LogP contribution < -0.4 is 4.74 Å². The largest absolute Gasteiger partial charge is 0.497 e. The van der Waals surface area contributed by atoms with Crippen molar-refractivity contribution in [1.82, 2.24) is 0 Å². The summed E-state index contributed by atoms with van der Waals surface area (Å²) in [6.45, 7) is 1.87. The number of halogens is 1. The van der Waals surface area contributed by atoms with Gasteiger partial charge in [-0.05, 0) is 41.8 Å². The van der Waals surface area contributed by atoms with E-state index in [2.05, 4.69) is 0 Å². The Kier molecular flexibility index (Phi) is 3.86. The van der Waals surface area contributed by atoms with Crippen molar-refractivity contribution in [3.8, 4) is 5.75 Å². The molecule has 1 N–H and O–H groups in total. The third-order valence-electron chi connectivity index (χ3n) is 3.38. The van der Waals surface area contributed by atoms with Gasteiger partial charge in [0.25, 0.3) is 0 Å². The number of benzene rings is 2. The second kappa shape index (κ2) is 5.41. The molecule has 19 heavy (non-hydrogen) atoms. The van der Waals surface area contributed by atoms with E-state index < -0.39 is 5.60 Å². The number of aliphatic hydroxyl groups is 1. The highest BCUT2D eigenvalue weighted by molar-refractivity contribution is 5.38. The molecule has 0 spiro atoms. The van der Waals surface area contributed by atoms with E-state index in [1.54, 1.807) is 43.5 Å². The van der Waals surface area contributed by atoms with Gasteiger partial charge < -0.3 is 9.84 Å². The summed E-state index contributed by atoms with van der Waals surface area (Å²) in [6.07, 6.45) is 0.461. The summed E-state index contributed by atoms with van der Waals surface area (Å²) in [4.78, 5) is 0. The van der Waals surface area contributed by atoms with Crippen LogP contribution in [0.5, 0.6) is 5.75 Å². The van der Waals surface area contributed by atoms with Gasteiger partial charge in [-0.1, -0.05) is 31.2 Å². The number of hydrogen-bond donors (Lipinski definition) is 1. The van der Waals surface area contributed by atoms with Crippen molar-refractivity contribution in [2.24, 2.45) is 0 Å². The molecule has 0 amide bonds. The summed E-state index contributed by atoms with van der Waals surface area (Å²) in [7, 11) is 1.59. The van der Waals surface area contributed by atoms with Crippen LogP contribution in [-0.2, 0) is 5.60 Å². The molecular weight excluding hydrogens is 243 g/mol. The summed E-state index contributed by atoms with van der Waals surface area (Å²) in [5.41, 5.74) is 0.0931. The van der Waals surface area contributed by atoms with Crippen molar-refractivity contribution in [3.05, 3.63) is 65.5 Å². The summed E-state index contributed by atoms with van der Waals surface area (Å²) in [5, 5.41) is 10.8. The molecule has 0 saturated heterocycles. The second-order valence-electron chi connectivity index (χ2n) is 4.45. The smallest absolute Gasteiger partial charge is 0.123 e. The first-order valence-corrected chi connectivity index (χ1v) is 6.23. The maximum atomic E-state index is 13.3. The van der Waals surface area contributed by atoms with Crippen LogP contribution in [-0.4, -0.2) is 12.2 Å². The third kappa shape index (κ3) is 2.61. The van der Waals surface area contributed by atoms with Crippen molar-refractivity contribution in [3.63, 3.8) is 0 Å². The maximum Gasteiger partial charge on any atom is 0.123 e. The molecule has 0 aromatic heterocycles. The monoisotopic (exact) mass is 260 g/mol. The molecule has 1 atom stereocenters. The number of methoxy groups -OCH3 is 1. The normalized spacial score (nSPS) is 13.9. The van der Waals surface area contributed by atoms with E-state index in [4.69, 9.17) is 4.74 Å². The molecule has 100 valence electrons. The van der Waals surface area contributed by atoms with Crippen molar-refractivity contribution in [2.75, 3.05) is 7.11 Å². The van der Waals surface area contributed by atoms with Gasteiger partial charge in [-0.3, -0.25) is 0 Å². The molecule has 0 heterocycles.